The van der Waals surface area contributed by atoms with Gasteiger partial charge >= 0.3 is 6.09 Å². The van der Waals surface area contributed by atoms with Crippen molar-refractivity contribution in [3.8, 4) is 22.4 Å². The van der Waals surface area contributed by atoms with Crippen LogP contribution in [0, 0.1) is 11.8 Å². The van der Waals surface area contributed by atoms with Gasteiger partial charge in [-0.15, -0.1) is 0 Å². The Morgan fingerprint density at radius 2 is 1.38 bits per heavy atom. The van der Waals surface area contributed by atoms with Crippen LogP contribution in [0.1, 0.15) is 115 Å². The van der Waals surface area contributed by atoms with Gasteiger partial charge in [-0.1, -0.05) is 75.2 Å². The Hall–Kier alpha value is -4.77. The Kier molecular flexibility index (Phi) is 12.4. The van der Waals surface area contributed by atoms with Crippen LogP contribution >= 0.6 is 0 Å². The number of imidazole rings is 1. The average molecular weight is 788 g/mol. The number of hydrogen-bond acceptors (Lipinski definition) is 7. The Balaban J connectivity index is 0.857. The second-order valence-electron chi connectivity index (χ2n) is 17.0. The highest BCUT2D eigenvalue weighted by Gasteiger charge is 2.41. The predicted molar refractivity (Wildman–Crippen MR) is 228 cm³/mol. The van der Waals surface area contributed by atoms with Crippen LogP contribution in [-0.2, 0) is 14.3 Å². The van der Waals surface area contributed by atoms with Crippen molar-refractivity contribution in [3.05, 3.63) is 72.3 Å². The molecule has 3 aliphatic heterocycles. The first-order valence-electron chi connectivity index (χ1n) is 22.1. The third kappa shape index (κ3) is 8.38. The molecule has 11 nitrogen and oxygen atoms in total. The number of nitrogens with one attached hydrogen (secondary N) is 2. The Morgan fingerprint density at radius 1 is 0.759 bits per heavy atom. The lowest BCUT2D eigenvalue weighted by Crippen LogP contribution is -2.51. The second-order valence-corrected chi connectivity index (χ2v) is 17.0. The fourth-order valence-corrected chi connectivity index (χ4v) is 10.6. The molecule has 4 atom stereocenters. The second kappa shape index (κ2) is 18.0. The number of ether oxygens (including phenoxy) is 1. The smallest absolute Gasteiger partial charge is 0.407 e. The minimum absolute atomic E-state index is 0.00193. The SMILES string of the molecule is CCN(CC)C1CCC(C(=O)N2CCC[C@H]2c2ncc(-c3ccc(-c4ccc(C5=CN=C([C@@H]6CCCN6C(=O)[C@H]6CCCC[C@H]6NC(=O)OC)C5)cc4)cc3)[nH]2)CC1. The number of benzene rings is 2. The predicted octanol–water partition coefficient (Wildman–Crippen LogP) is 8.40. The number of methoxy groups -OCH3 is 1. The first kappa shape index (κ1) is 40.0. The van der Waals surface area contributed by atoms with Crippen molar-refractivity contribution in [1.29, 1.82) is 0 Å². The van der Waals surface area contributed by atoms with E-state index in [1.807, 2.05) is 17.3 Å². The molecule has 2 N–H and O–H groups in total. The lowest BCUT2D eigenvalue weighted by atomic mass is 9.83. The van der Waals surface area contributed by atoms with Gasteiger partial charge in [-0.3, -0.25) is 14.6 Å². The number of rotatable bonds is 11. The number of likely N-dealkylation sites (tertiary alicyclic amines) is 2. The van der Waals surface area contributed by atoms with E-state index in [-0.39, 0.29) is 35.9 Å². The van der Waals surface area contributed by atoms with Crippen LogP contribution in [0.4, 0.5) is 4.79 Å². The number of aliphatic imine (C=N–C) groups is 1. The normalized spacial score (nSPS) is 26.1. The van der Waals surface area contributed by atoms with Gasteiger partial charge in [0.25, 0.3) is 0 Å². The molecule has 308 valence electrons. The van der Waals surface area contributed by atoms with Gasteiger partial charge in [0.1, 0.15) is 5.82 Å². The van der Waals surface area contributed by atoms with E-state index in [1.54, 1.807) is 0 Å². The van der Waals surface area contributed by atoms with Crippen molar-refractivity contribution in [2.24, 2.45) is 16.8 Å². The van der Waals surface area contributed by atoms with Crippen molar-refractivity contribution < 1.29 is 19.1 Å². The van der Waals surface area contributed by atoms with Gasteiger partial charge in [0.15, 0.2) is 0 Å². The summed E-state index contributed by atoms with van der Waals surface area (Å²) >= 11 is 0. The molecule has 3 amide bonds. The number of carbonyl (C=O) groups excluding carboxylic acids is 3. The van der Waals surface area contributed by atoms with Crippen LogP contribution in [0.25, 0.3) is 28.0 Å². The summed E-state index contributed by atoms with van der Waals surface area (Å²) in [5.41, 5.74) is 7.68. The fourth-order valence-electron chi connectivity index (χ4n) is 10.6. The molecule has 1 aromatic heterocycles. The number of aromatic nitrogens is 2. The zero-order valence-corrected chi connectivity index (χ0v) is 34.6. The highest BCUT2D eigenvalue weighted by atomic mass is 16.5. The molecule has 8 rings (SSSR count). The summed E-state index contributed by atoms with van der Waals surface area (Å²) < 4.78 is 4.85. The van der Waals surface area contributed by atoms with Crippen molar-refractivity contribution in [1.82, 2.24) is 30.0 Å². The van der Waals surface area contributed by atoms with Crippen LogP contribution in [0.15, 0.2) is 65.9 Å². The summed E-state index contributed by atoms with van der Waals surface area (Å²) in [4.78, 5) is 59.6. The molecule has 2 aromatic carbocycles. The molecule has 5 aliphatic rings. The number of amides is 3. The summed E-state index contributed by atoms with van der Waals surface area (Å²) in [6, 6.07) is 17.7. The van der Waals surface area contributed by atoms with Gasteiger partial charge in [0.05, 0.1) is 37.0 Å². The van der Waals surface area contributed by atoms with E-state index < -0.39 is 6.09 Å². The third-order valence-corrected chi connectivity index (χ3v) is 13.9. The maximum Gasteiger partial charge on any atom is 0.407 e. The summed E-state index contributed by atoms with van der Waals surface area (Å²) in [6.45, 7) is 8.18. The van der Waals surface area contributed by atoms with Crippen LogP contribution in [0.2, 0.25) is 0 Å². The molecule has 0 radical (unpaired) electrons. The molecule has 4 heterocycles. The van der Waals surface area contributed by atoms with Gasteiger partial charge in [-0.05, 0) is 105 Å². The molecule has 2 saturated carbocycles. The number of hydrogen-bond donors (Lipinski definition) is 2. The first-order chi connectivity index (χ1) is 28.3. The van der Waals surface area contributed by atoms with Crippen molar-refractivity contribution >= 4 is 29.2 Å². The van der Waals surface area contributed by atoms with E-state index in [9.17, 15) is 14.4 Å². The van der Waals surface area contributed by atoms with Crippen molar-refractivity contribution in [3.63, 3.8) is 0 Å². The zero-order valence-electron chi connectivity index (χ0n) is 34.6. The van der Waals surface area contributed by atoms with Gasteiger partial charge in [0.2, 0.25) is 11.8 Å². The molecule has 3 aromatic rings. The molecule has 2 aliphatic carbocycles. The third-order valence-electron chi connectivity index (χ3n) is 13.9. The average Bonchev–Trinajstić information content (AvgIpc) is 4.12. The number of aromatic amines is 1. The topological polar surface area (TPSA) is 123 Å². The summed E-state index contributed by atoms with van der Waals surface area (Å²) in [7, 11) is 1.37. The van der Waals surface area contributed by atoms with E-state index in [1.165, 1.54) is 12.7 Å². The molecule has 11 heteroatoms. The van der Waals surface area contributed by atoms with E-state index in [0.717, 1.165) is 149 Å². The van der Waals surface area contributed by atoms with Crippen LogP contribution in [-0.4, -0.2) is 99.7 Å². The Bertz CT molecular complexity index is 1980. The maximum absolute atomic E-state index is 13.9. The molecule has 0 unspecified atom stereocenters. The molecule has 58 heavy (non-hydrogen) atoms. The molecule has 0 bridgehead atoms. The summed E-state index contributed by atoms with van der Waals surface area (Å²) in [6.07, 6.45) is 15.8. The standard InChI is InChI=1S/C47H61N7O4/c1-4-52(5-2)37-24-22-35(23-25-37)45(55)54-27-9-13-43(54)44-49-30-41(50-44)34-20-18-32(19-21-34)31-14-16-33(17-15-31)36-28-40(48-29-36)42-12-8-26-53(42)46(56)38-10-6-7-11-39(38)51-47(57)58-3/h14-21,29-30,35,37-39,42-43H,4-13,22-28H2,1-3H3,(H,49,50)(H,51,57)/t35?,37?,38-,39+,42-,43-/m0/s1. The maximum atomic E-state index is 13.9. The summed E-state index contributed by atoms with van der Waals surface area (Å²) in [5, 5.41) is 2.93. The molecular formula is C47H61N7O4. The van der Waals surface area contributed by atoms with Crippen molar-refractivity contribution in [2.75, 3.05) is 33.3 Å². The highest BCUT2D eigenvalue weighted by Crippen LogP contribution is 2.38. The minimum atomic E-state index is -0.470. The Morgan fingerprint density at radius 3 is 2.05 bits per heavy atom. The Labute approximate surface area is 343 Å². The van der Waals surface area contributed by atoms with Crippen LogP contribution < -0.4 is 5.32 Å². The molecule has 4 fully saturated rings. The number of allylic oxidation sites excluding steroid dienone is 1. The number of carbonyl (C=O) groups is 3. The quantitative estimate of drug-likeness (QED) is 0.201. The van der Waals surface area contributed by atoms with Crippen LogP contribution in [0.3, 0.4) is 0 Å². The van der Waals surface area contributed by atoms with E-state index in [0.29, 0.717) is 11.9 Å². The molecule has 2 saturated heterocycles. The minimum Gasteiger partial charge on any atom is -0.453 e. The van der Waals surface area contributed by atoms with Crippen molar-refractivity contribution in [2.45, 2.75) is 121 Å². The lowest BCUT2D eigenvalue weighted by molar-refractivity contribution is -0.138. The largest absolute Gasteiger partial charge is 0.453 e. The number of H-pyrrole nitrogens is 1. The fraction of sp³-hybridized carbons (Fsp3) is 0.553. The van der Waals surface area contributed by atoms with Gasteiger partial charge in [0, 0.05) is 49.4 Å². The van der Waals surface area contributed by atoms with E-state index >= 15 is 0 Å². The number of alkyl carbamates (subject to hydrolysis) is 1. The number of nitrogens with zero attached hydrogens (tertiary/aromatic N) is 5. The lowest BCUT2D eigenvalue weighted by Gasteiger charge is -2.37. The van der Waals surface area contributed by atoms with Gasteiger partial charge in [-0.25, -0.2) is 9.78 Å². The molecular weight excluding hydrogens is 727 g/mol. The molecule has 0 spiro atoms. The van der Waals surface area contributed by atoms with E-state index in [4.69, 9.17) is 14.7 Å². The highest BCUT2D eigenvalue weighted by molar-refractivity contribution is 6.03. The van der Waals surface area contributed by atoms with Crippen LogP contribution in [0.5, 0.6) is 0 Å². The monoisotopic (exact) mass is 787 g/mol. The van der Waals surface area contributed by atoms with Gasteiger partial charge < -0.3 is 29.7 Å². The zero-order chi connectivity index (χ0) is 40.2. The summed E-state index contributed by atoms with van der Waals surface area (Å²) in [5.74, 6) is 1.25. The first-order valence-corrected chi connectivity index (χ1v) is 22.1. The van der Waals surface area contributed by atoms with E-state index in [2.05, 4.69) is 82.5 Å². The van der Waals surface area contributed by atoms with Gasteiger partial charge in [-0.2, -0.15) is 0 Å².